The molecule has 2 heterocycles. The van der Waals surface area contributed by atoms with Crippen molar-refractivity contribution in [1.29, 1.82) is 0 Å². The molecule has 0 fully saturated rings. The molecule has 1 aliphatic heterocycles. The Morgan fingerprint density at radius 2 is 1.96 bits per heavy atom. The summed E-state index contributed by atoms with van der Waals surface area (Å²) in [7, 11) is -2.28. The summed E-state index contributed by atoms with van der Waals surface area (Å²) in [4.78, 5) is 14.3. The number of anilines is 1. The van der Waals surface area contributed by atoms with Crippen molar-refractivity contribution in [3.05, 3.63) is 42.2 Å². The van der Waals surface area contributed by atoms with Crippen LogP contribution < -0.4 is 9.46 Å². The maximum atomic E-state index is 12.7. The largest absolute Gasteiger partial charge is 0.497 e. The summed E-state index contributed by atoms with van der Waals surface area (Å²) in [5.41, 5.74) is 0.796. The lowest BCUT2D eigenvalue weighted by atomic mass is 10.2. The SMILES string of the molecule is COc1cccc(NS(=O)(=O)c2cc3n(c2)CCN(C(C)C)C3=O)c1. The van der Waals surface area contributed by atoms with Gasteiger partial charge in [-0.15, -0.1) is 0 Å². The van der Waals surface area contributed by atoms with Crippen LogP contribution in [0, 0.1) is 0 Å². The van der Waals surface area contributed by atoms with E-state index in [9.17, 15) is 13.2 Å². The summed E-state index contributed by atoms with van der Waals surface area (Å²) in [6.07, 6.45) is 1.51. The number of fused-ring (bicyclic) bond motifs is 1. The van der Waals surface area contributed by atoms with Crippen LogP contribution in [0.1, 0.15) is 24.3 Å². The molecule has 7 nitrogen and oxygen atoms in total. The second-order valence-corrected chi connectivity index (χ2v) is 7.87. The van der Waals surface area contributed by atoms with Crippen molar-refractivity contribution in [3.63, 3.8) is 0 Å². The Hall–Kier alpha value is -2.48. The van der Waals surface area contributed by atoms with Crippen molar-refractivity contribution in [3.8, 4) is 5.75 Å². The fourth-order valence-electron chi connectivity index (χ4n) is 2.85. The normalized spacial score (nSPS) is 14.6. The number of rotatable bonds is 5. The van der Waals surface area contributed by atoms with E-state index < -0.39 is 10.0 Å². The van der Waals surface area contributed by atoms with Crippen molar-refractivity contribution in [2.45, 2.75) is 31.3 Å². The lowest BCUT2D eigenvalue weighted by Gasteiger charge is -2.31. The molecule has 0 radical (unpaired) electrons. The second-order valence-electron chi connectivity index (χ2n) is 6.18. The zero-order chi connectivity index (χ0) is 18.2. The number of nitrogens with zero attached hydrogens (tertiary/aromatic N) is 2. The van der Waals surface area contributed by atoms with E-state index in [-0.39, 0.29) is 16.8 Å². The van der Waals surface area contributed by atoms with Crippen LogP contribution in [0.2, 0.25) is 0 Å². The van der Waals surface area contributed by atoms with Gasteiger partial charge in [0, 0.05) is 31.4 Å². The Bertz CT molecular complexity index is 902. The lowest BCUT2D eigenvalue weighted by Crippen LogP contribution is -2.43. The summed E-state index contributed by atoms with van der Waals surface area (Å²) in [6, 6.07) is 8.17. The van der Waals surface area contributed by atoms with Crippen LogP contribution in [0.3, 0.4) is 0 Å². The highest BCUT2D eigenvalue weighted by atomic mass is 32.2. The average Bonchev–Trinajstić information content (AvgIpc) is 3.01. The molecule has 2 aromatic rings. The van der Waals surface area contributed by atoms with E-state index in [0.29, 0.717) is 30.2 Å². The number of ether oxygens (including phenoxy) is 1. The number of benzene rings is 1. The van der Waals surface area contributed by atoms with E-state index in [1.165, 1.54) is 19.4 Å². The molecule has 0 saturated carbocycles. The third-order valence-electron chi connectivity index (χ3n) is 4.19. The van der Waals surface area contributed by atoms with E-state index in [1.54, 1.807) is 33.7 Å². The van der Waals surface area contributed by atoms with Gasteiger partial charge in [-0.25, -0.2) is 8.42 Å². The van der Waals surface area contributed by atoms with Crippen molar-refractivity contribution in [2.75, 3.05) is 18.4 Å². The molecule has 0 unspecified atom stereocenters. The fraction of sp³-hybridized carbons (Fsp3) is 0.353. The number of sulfonamides is 1. The second kappa shape index (κ2) is 6.44. The number of methoxy groups -OCH3 is 1. The molecule has 1 aromatic heterocycles. The monoisotopic (exact) mass is 363 g/mol. The Morgan fingerprint density at radius 3 is 2.64 bits per heavy atom. The summed E-state index contributed by atoms with van der Waals surface area (Å²) >= 11 is 0. The highest BCUT2D eigenvalue weighted by Gasteiger charge is 2.29. The molecule has 1 aliphatic rings. The first kappa shape index (κ1) is 17.3. The first-order valence-electron chi connectivity index (χ1n) is 8.00. The minimum Gasteiger partial charge on any atom is -0.497 e. The van der Waals surface area contributed by atoms with Crippen LogP contribution >= 0.6 is 0 Å². The molecule has 1 amide bonds. The molecule has 1 aromatic carbocycles. The predicted octanol–water partition coefficient (Wildman–Crippen LogP) is 2.16. The van der Waals surface area contributed by atoms with Gasteiger partial charge in [0.25, 0.3) is 15.9 Å². The Balaban J connectivity index is 1.89. The standard InChI is InChI=1S/C17H21N3O4S/c1-12(2)20-8-7-19-11-15(10-16(19)17(20)21)25(22,23)18-13-5-4-6-14(9-13)24-3/h4-6,9-12,18H,7-8H2,1-3H3. The zero-order valence-electron chi connectivity index (χ0n) is 14.4. The summed E-state index contributed by atoms with van der Waals surface area (Å²) in [5, 5.41) is 0. The summed E-state index contributed by atoms with van der Waals surface area (Å²) in [5.74, 6) is 0.406. The molecular formula is C17H21N3O4S. The minimum absolute atomic E-state index is 0.0734. The maximum Gasteiger partial charge on any atom is 0.270 e. The van der Waals surface area contributed by atoms with E-state index in [2.05, 4.69) is 4.72 Å². The fourth-order valence-corrected chi connectivity index (χ4v) is 3.94. The first-order chi connectivity index (χ1) is 11.8. The van der Waals surface area contributed by atoms with E-state index in [0.717, 1.165) is 0 Å². The Kier molecular flexibility index (Phi) is 4.47. The van der Waals surface area contributed by atoms with Crippen molar-refractivity contribution < 1.29 is 17.9 Å². The number of nitrogens with one attached hydrogen (secondary N) is 1. The lowest BCUT2D eigenvalue weighted by molar-refractivity contribution is 0.0649. The van der Waals surface area contributed by atoms with Gasteiger partial charge in [-0.1, -0.05) is 6.07 Å². The highest BCUT2D eigenvalue weighted by Crippen LogP contribution is 2.24. The van der Waals surface area contributed by atoms with Crippen LogP contribution in [0.25, 0.3) is 0 Å². The molecule has 8 heteroatoms. The van der Waals surface area contributed by atoms with E-state index >= 15 is 0 Å². The molecule has 0 saturated heterocycles. The van der Waals surface area contributed by atoms with Gasteiger partial charge in [-0.05, 0) is 32.0 Å². The van der Waals surface area contributed by atoms with Gasteiger partial charge in [0.05, 0.1) is 12.8 Å². The topological polar surface area (TPSA) is 80.6 Å². The molecule has 0 atom stereocenters. The van der Waals surface area contributed by atoms with Crippen LogP contribution in [0.5, 0.6) is 5.75 Å². The van der Waals surface area contributed by atoms with Crippen molar-refractivity contribution >= 4 is 21.6 Å². The number of aromatic nitrogens is 1. The van der Waals surface area contributed by atoms with Gasteiger partial charge in [-0.2, -0.15) is 0 Å². The van der Waals surface area contributed by atoms with Crippen molar-refractivity contribution in [2.24, 2.45) is 0 Å². The van der Waals surface area contributed by atoms with Crippen LogP contribution in [0.15, 0.2) is 41.4 Å². The molecule has 1 N–H and O–H groups in total. The zero-order valence-corrected chi connectivity index (χ0v) is 15.2. The van der Waals surface area contributed by atoms with Gasteiger partial charge in [0.1, 0.15) is 16.3 Å². The highest BCUT2D eigenvalue weighted by molar-refractivity contribution is 7.92. The molecule has 134 valence electrons. The van der Waals surface area contributed by atoms with Gasteiger partial charge in [-0.3, -0.25) is 9.52 Å². The van der Waals surface area contributed by atoms with Gasteiger partial charge >= 0.3 is 0 Å². The van der Waals surface area contributed by atoms with Crippen LogP contribution in [0.4, 0.5) is 5.69 Å². The number of amides is 1. The first-order valence-corrected chi connectivity index (χ1v) is 9.48. The van der Waals surface area contributed by atoms with Crippen LogP contribution in [-0.4, -0.2) is 43.5 Å². The van der Waals surface area contributed by atoms with E-state index in [1.807, 2.05) is 13.8 Å². The van der Waals surface area contributed by atoms with Crippen molar-refractivity contribution in [1.82, 2.24) is 9.47 Å². The molecule has 25 heavy (non-hydrogen) atoms. The average molecular weight is 363 g/mol. The molecule has 0 aliphatic carbocycles. The Morgan fingerprint density at radius 1 is 1.20 bits per heavy atom. The van der Waals surface area contributed by atoms with Gasteiger partial charge < -0.3 is 14.2 Å². The number of carbonyl (C=O) groups excluding carboxylic acids is 1. The van der Waals surface area contributed by atoms with Gasteiger partial charge in [0.15, 0.2) is 0 Å². The van der Waals surface area contributed by atoms with Crippen LogP contribution in [-0.2, 0) is 16.6 Å². The third-order valence-corrected chi connectivity index (χ3v) is 5.54. The molecular weight excluding hydrogens is 342 g/mol. The number of hydrogen-bond donors (Lipinski definition) is 1. The maximum absolute atomic E-state index is 12.7. The minimum atomic E-state index is -3.79. The number of carbonyl (C=O) groups is 1. The Labute approximate surface area is 147 Å². The number of hydrogen-bond acceptors (Lipinski definition) is 4. The predicted molar refractivity (Wildman–Crippen MR) is 94.4 cm³/mol. The smallest absolute Gasteiger partial charge is 0.270 e. The molecule has 3 rings (SSSR count). The summed E-state index contributed by atoms with van der Waals surface area (Å²) in [6.45, 7) is 5.03. The molecule has 0 spiro atoms. The van der Waals surface area contributed by atoms with Gasteiger partial charge in [0.2, 0.25) is 0 Å². The summed E-state index contributed by atoms with van der Waals surface area (Å²) < 4.78 is 34.6. The third kappa shape index (κ3) is 3.34. The molecule has 0 bridgehead atoms. The van der Waals surface area contributed by atoms with E-state index in [4.69, 9.17) is 4.74 Å². The quantitative estimate of drug-likeness (QED) is 0.883.